The molecule has 3 rings (SSSR count). The summed E-state index contributed by atoms with van der Waals surface area (Å²) in [7, 11) is 0. The van der Waals surface area contributed by atoms with Crippen molar-refractivity contribution >= 4 is 11.4 Å². The van der Waals surface area contributed by atoms with E-state index in [0.717, 1.165) is 22.5 Å². The van der Waals surface area contributed by atoms with E-state index >= 15 is 0 Å². The standard InChI is InChI=1S/C22H24N2/c1-13-9-19(10-14(2)17(13)5)21-7-8-22(24(21)23)20-11-15(3)18(6)16(4)12-20/h7-12H,1-6H3. The lowest BCUT2D eigenvalue weighted by atomic mass is 9.98. The van der Waals surface area contributed by atoms with Crippen LogP contribution in [0.15, 0.2) is 36.4 Å². The maximum absolute atomic E-state index is 10.8. The van der Waals surface area contributed by atoms with E-state index in [0.29, 0.717) is 0 Å². The second-order valence-corrected chi connectivity index (χ2v) is 6.89. The first kappa shape index (κ1) is 16.4. The minimum absolute atomic E-state index is 0.826. The molecule has 2 aromatic carbocycles. The number of hydrogen-bond donors (Lipinski definition) is 0. The van der Waals surface area contributed by atoms with E-state index in [2.05, 4.69) is 65.8 Å². The van der Waals surface area contributed by atoms with Gasteiger partial charge in [0.1, 0.15) is 0 Å². The molecule has 2 heteroatoms. The number of hydrogen-bond acceptors (Lipinski definition) is 0. The largest absolute Gasteiger partial charge is 0.493 e. The van der Waals surface area contributed by atoms with E-state index in [4.69, 9.17) is 0 Å². The molecular weight excluding hydrogens is 292 g/mol. The van der Waals surface area contributed by atoms with Crippen molar-refractivity contribution in [3.8, 4) is 0 Å². The third kappa shape index (κ3) is 2.62. The zero-order valence-electron chi connectivity index (χ0n) is 15.4. The van der Waals surface area contributed by atoms with Gasteiger partial charge in [-0.05, 0) is 99.2 Å². The van der Waals surface area contributed by atoms with E-state index in [1.54, 1.807) is 0 Å². The highest BCUT2D eigenvalue weighted by Crippen LogP contribution is 2.33. The average Bonchev–Trinajstić information content (AvgIpc) is 2.91. The minimum atomic E-state index is 0.826. The molecule has 0 radical (unpaired) electrons. The summed E-state index contributed by atoms with van der Waals surface area (Å²) in [4.78, 5) is 0. The van der Waals surface area contributed by atoms with Crippen LogP contribution in [-0.2, 0) is 0 Å². The Hall–Kier alpha value is -2.48. The summed E-state index contributed by atoms with van der Waals surface area (Å²) in [6, 6.07) is 8.55. The Kier molecular flexibility index (Phi) is 4.00. The molecular formula is C22H24N2. The average molecular weight is 316 g/mol. The molecule has 122 valence electrons. The lowest BCUT2D eigenvalue weighted by Gasteiger charge is -2.13. The quantitative estimate of drug-likeness (QED) is 0.610. The third-order valence-electron chi connectivity index (χ3n) is 5.30. The van der Waals surface area contributed by atoms with E-state index < -0.39 is 0 Å². The molecule has 1 aliphatic rings. The zero-order chi connectivity index (χ0) is 17.6. The first-order valence-electron chi connectivity index (χ1n) is 8.37. The summed E-state index contributed by atoms with van der Waals surface area (Å²) < 4.78 is 1.31. The van der Waals surface area contributed by atoms with Crippen LogP contribution in [0.3, 0.4) is 0 Å². The van der Waals surface area contributed by atoms with Crippen LogP contribution in [0, 0.1) is 41.5 Å². The minimum Gasteiger partial charge on any atom is -0.493 e. The number of rotatable bonds is 2. The zero-order valence-corrected chi connectivity index (χ0v) is 15.4. The summed E-state index contributed by atoms with van der Waals surface area (Å²) in [5.41, 5.74) is 22.1. The van der Waals surface area contributed by atoms with Gasteiger partial charge in [-0.3, -0.25) is 0 Å². The predicted octanol–water partition coefficient (Wildman–Crippen LogP) is 5.97. The molecule has 0 saturated heterocycles. The van der Waals surface area contributed by atoms with Gasteiger partial charge >= 0.3 is 0 Å². The normalized spacial score (nSPS) is 14.0. The number of aryl methyl sites for hydroxylation is 4. The summed E-state index contributed by atoms with van der Waals surface area (Å²) in [6.45, 7) is 12.7. The van der Waals surface area contributed by atoms with E-state index in [1.807, 2.05) is 12.2 Å². The summed E-state index contributed by atoms with van der Waals surface area (Å²) in [5, 5.41) is 0. The highest BCUT2D eigenvalue weighted by atomic mass is 15.2. The van der Waals surface area contributed by atoms with Gasteiger partial charge in [0.05, 0.1) is 0 Å². The molecule has 0 spiro atoms. The molecule has 1 aliphatic heterocycles. The van der Waals surface area contributed by atoms with Gasteiger partial charge < -0.3 is 5.53 Å². The van der Waals surface area contributed by atoms with Crippen LogP contribution in [0.1, 0.15) is 44.5 Å². The van der Waals surface area contributed by atoms with Crippen LogP contribution in [0.2, 0.25) is 0 Å². The van der Waals surface area contributed by atoms with Crippen molar-refractivity contribution in [2.24, 2.45) is 0 Å². The predicted molar refractivity (Wildman–Crippen MR) is 101 cm³/mol. The summed E-state index contributed by atoms with van der Waals surface area (Å²) >= 11 is 0. The Morgan fingerprint density at radius 2 is 0.875 bits per heavy atom. The van der Waals surface area contributed by atoms with Crippen LogP contribution in [0.25, 0.3) is 16.9 Å². The van der Waals surface area contributed by atoms with Crippen molar-refractivity contribution in [3.05, 3.63) is 86.5 Å². The van der Waals surface area contributed by atoms with Gasteiger partial charge in [-0.1, -0.05) is 0 Å². The Bertz CT molecular complexity index is 805. The van der Waals surface area contributed by atoms with E-state index in [-0.39, 0.29) is 0 Å². The molecule has 2 aromatic rings. The SMILES string of the molecule is Cc1cc(C2=CC=C(c3cc(C)c(C)c(C)c3)[N+]2=[N-])cc(C)c1C. The smallest absolute Gasteiger partial charge is 0.207 e. The maximum atomic E-state index is 10.8. The fraction of sp³-hybridized carbons (Fsp3) is 0.273. The third-order valence-corrected chi connectivity index (χ3v) is 5.30. The van der Waals surface area contributed by atoms with E-state index in [9.17, 15) is 5.53 Å². The lowest BCUT2D eigenvalue weighted by Crippen LogP contribution is -2.03. The van der Waals surface area contributed by atoms with Crippen molar-refractivity contribution in [1.82, 2.24) is 0 Å². The van der Waals surface area contributed by atoms with Gasteiger partial charge in [0, 0.05) is 23.3 Å². The van der Waals surface area contributed by atoms with Crippen LogP contribution < -0.4 is 0 Å². The molecule has 24 heavy (non-hydrogen) atoms. The van der Waals surface area contributed by atoms with Crippen LogP contribution in [-0.4, -0.2) is 4.70 Å². The Morgan fingerprint density at radius 1 is 0.583 bits per heavy atom. The molecule has 0 aliphatic carbocycles. The van der Waals surface area contributed by atoms with Crippen LogP contribution in [0.5, 0.6) is 0 Å². The molecule has 0 amide bonds. The van der Waals surface area contributed by atoms with Crippen molar-refractivity contribution in [2.75, 3.05) is 0 Å². The fourth-order valence-electron chi connectivity index (χ4n) is 3.23. The van der Waals surface area contributed by atoms with Crippen molar-refractivity contribution in [1.29, 1.82) is 0 Å². The lowest BCUT2D eigenvalue weighted by molar-refractivity contribution is -0.344. The second kappa shape index (κ2) is 5.86. The van der Waals surface area contributed by atoms with Gasteiger partial charge in [0.2, 0.25) is 11.4 Å². The fourth-order valence-corrected chi connectivity index (χ4v) is 3.23. The highest BCUT2D eigenvalue weighted by molar-refractivity contribution is 5.76. The summed E-state index contributed by atoms with van der Waals surface area (Å²) in [5.74, 6) is 0. The Balaban J connectivity index is 1.98. The van der Waals surface area contributed by atoms with Gasteiger partial charge in [-0.15, -0.1) is 0 Å². The monoisotopic (exact) mass is 316 g/mol. The molecule has 2 nitrogen and oxygen atoms in total. The molecule has 0 saturated carbocycles. The Labute approximate surface area is 144 Å². The van der Waals surface area contributed by atoms with Gasteiger partial charge in [0.25, 0.3) is 0 Å². The molecule has 0 bridgehead atoms. The number of allylic oxidation sites excluding steroid dienone is 2. The van der Waals surface area contributed by atoms with Crippen molar-refractivity contribution in [3.63, 3.8) is 0 Å². The topological polar surface area (TPSA) is 25.3 Å². The van der Waals surface area contributed by atoms with Crippen LogP contribution >= 0.6 is 0 Å². The number of nitrogens with zero attached hydrogens (tertiary/aromatic N) is 2. The van der Waals surface area contributed by atoms with Crippen LogP contribution in [0.4, 0.5) is 0 Å². The second-order valence-electron chi connectivity index (χ2n) is 6.89. The number of benzene rings is 2. The molecule has 1 heterocycles. The maximum Gasteiger partial charge on any atom is 0.207 e. The Morgan fingerprint density at radius 3 is 1.17 bits per heavy atom. The molecule has 0 aromatic heterocycles. The van der Waals surface area contributed by atoms with Gasteiger partial charge in [-0.25, -0.2) is 4.70 Å². The molecule has 0 atom stereocenters. The van der Waals surface area contributed by atoms with Crippen molar-refractivity contribution in [2.45, 2.75) is 41.5 Å². The summed E-state index contributed by atoms with van der Waals surface area (Å²) in [6.07, 6.45) is 3.98. The first-order chi connectivity index (χ1) is 11.3. The molecule has 0 N–H and O–H groups in total. The first-order valence-corrected chi connectivity index (χ1v) is 8.37. The van der Waals surface area contributed by atoms with Gasteiger partial charge in [-0.2, -0.15) is 0 Å². The van der Waals surface area contributed by atoms with Gasteiger partial charge in [0.15, 0.2) is 0 Å². The molecule has 0 unspecified atom stereocenters. The van der Waals surface area contributed by atoms with Crippen molar-refractivity contribution < 1.29 is 4.70 Å². The molecule has 0 fully saturated rings. The highest BCUT2D eigenvalue weighted by Gasteiger charge is 2.24. The van der Waals surface area contributed by atoms with E-state index in [1.165, 1.54) is 38.1 Å².